The van der Waals surface area contributed by atoms with Crippen LogP contribution < -0.4 is 5.73 Å². The van der Waals surface area contributed by atoms with E-state index in [-0.39, 0.29) is 5.60 Å². The molecule has 1 saturated carbocycles. The van der Waals surface area contributed by atoms with E-state index in [4.69, 9.17) is 10.5 Å². The summed E-state index contributed by atoms with van der Waals surface area (Å²) in [7, 11) is 0. The first-order valence-electron chi connectivity index (χ1n) is 6.76. The van der Waals surface area contributed by atoms with Crippen molar-refractivity contribution in [3.05, 3.63) is 0 Å². The lowest BCUT2D eigenvalue weighted by atomic mass is 9.76. The summed E-state index contributed by atoms with van der Waals surface area (Å²) in [5.41, 5.74) is 6.50. The van der Waals surface area contributed by atoms with E-state index in [0.29, 0.717) is 6.04 Å². The van der Waals surface area contributed by atoms with Crippen molar-refractivity contribution in [1.29, 1.82) is 0 Å². The van der Waals surface area contributed by atoms with Crippen LogP contribution in [0.4, 0.5) is 0 Å². The standard InChI is InChI=1S/C13H23NOS/c14-12-3-1-2-11(12)10-4-6-15-13(8-10)5-7-16-9-13/h10-12H,1-9,14H2. The van der Waals surface area contributed by atoms with Gasteiger partial charge in [0.05, 0.1) is 5.60 Å². The van der Waals surface area contributed by atoms with Crippen molar-refractivity contribution in [2.45, 2.75) is 50.2 Å². The zero-order chi connectivity index (χ0) is 11.0. The maximum absolute atomic E-state index is 6.25. The molecule has 0 aromatic carbocycles. The average molecular weight is 241 g/mol. The van der Waals surface area contributed by atoms with Crippen molar-refractivity contribution < 1.29 is 4.74 Å². The SMILES string of the molecule is NC1CCCC1C1CCOC2(CCSC2)C1. The molecule has 0 amide bonds. The van der Waals surface area contributed by atoms with Gasteiger partial charge in [-0.3, -0.25) is 0 Å². The van der Waals surface area contributed by atoms with Gasteiger partial charge in [-0.05, 0) is 49.7 Å². The quantitative estimate of drug-likeness (QED) is 0.766. The van der Waals surface area contributed by atoms with Gasteiger partial charge in [-0.1, -0.05) is 6.42 Å². The van der Waals surface area contributed by atoms with Gasteiger partial charge in [-0.15, -0.1) is 0 Å². The van der Waals surface area contributed by atoms with Gasteiger partial charge in [-0.2, -0.15) is 11.8 Å². The molecule has 92 valence electrons. The van der Waals surface area contributed by atoms with Gasteiger partial charge in [0.15, 0.2) is 0 Å². The normalized spacial score (nSPS) is 48.9. The first kappa shape index (κ1) is 11.4. The van der Waals surface area contributed by atoms with E-state index in [1.165, 1.54) is 50.0 Å². The maximum Gasteiger partial charge on any atom is 0.0783 e. The summed E-state index contributed by atoms with van der Waals surface area (Å²) in [5.74, 6) is 4.17. The highest BCUT2D eigenvalue weighted by atomic mass is 32.2. The topological polar surface area (TPSA) is 35.2 Å². The van der Waals surface area contributed by atoms with Crippen molar-refractivity contribution in [2.24, 2.45) is 17.6 Å². The van der Waals surface area contributed by atoms with Gasteiger partial charge in [-0.25, -0.2) is 0 Å². The summed E-state index contributed by atoms with van der Waals surface area (Å²) >= 11 is 2.07. The maximum atomic E-state index is 6.25. The molecule has 3 fully saturated rings. The van der Waals surface area contributed by atoms with Crippen LogP contribution in [0.15, 0.2) is 0 Å². The Kier molecular flexibility index (Phi) is 3.20. The number of nitrogens with two attached hydrogens (primary N) is 1. The summed E-state index contributed by atoms with van der Waals surface area (Å²) in [6.07, 6.45) is 7.79. The van der Waals surface area contributed by atoms with E-state index in [1.54, 1.807) is 0 Å². The fraction of sp³-hybridized carbons (Fsp3) is 1.00. The third-order valence-corrected chi connectivity index (χ3v) is 6.05. The van der Waals surface area contributed by atoms with Crippen LogP contribution in [-0.2, 0) is 4.74 Å². The molecule has 2 heterocycles. The third-order valence-electron chi connectivity index (χ3n) is 4.83. The lowest BCUT2D eigenvalue weighted by Gasteiger charge is -2.41. The Balaban J connectivity index is 1.67. The minimum Gasteiger partial charge on any atom is -0.374 e. The molecule has 4 unspecified atom stereocenters. The van der Waals surface area contributed by atoms with Crippen LogP contribution in [0.5, 0.6) is 0 Å². The van der Waals surface area contributed by atoms with E-state index in [1.807, 2.05) is 0 Å². The van der Waals surface area contributed by atoms with Crippen molar-refractivity contribution in [2.75, 3.05) is 18.1 Å². The predicted octanol–water partition coefficient (Wildman–Crippen LogP) is 2.42. The number of hydrogen-bond donors (Lipinski definition) is 1. The van der Waals surface area contributed by atoms with Crippen LogP contribution in [0.25, 0.3) is 0 Å². The zero-order valence-electron chi connectivity index (χ0n) is 9.99. The number of rotatable bonds is 1. The van der Waals surface area contributed by atoms with E-state index in [9.17, 15) is 0 Å². The van der Waals surface area contributed by atoms with Crippen molar-refractivity contribution >= 4 is 11.8 Å². The highest BCUT2D eigenvalue weighted by molar-refractivity contribution is 7.99. The van der Waals surface area contributed by atoms with E-state index in [2.05, 4.69) is 11.8 Å². The Bertz CT molecular complexity index is 252. The molecule has 0 radical (unpaired) electrons. The van der Waals surface area contributed by atoms with Crippen LogP contribution in [0.3, 0.4) is 0 Å². The van der Waals surface area contributed by atoms with Gasteiger partial charge in [0.1, 0.15) is 0 Å². The van der Waals surface area contributed by atoms with E-state index >= 15 is 0 Å². The molecule has 0 bridgehead atoms. The van der Waals surface area contributed by atoms with Gasteiger partial charge in [0, 0.05) is 18.4 Å². The summed E-state index contributed by atoms with van der Waals surface area (Å²) in [6, 6.07) is 0.481. The van der Waals surface area contributed by atoms with Gasteiger partial charge >= 0.3 is 0 Å². The lowest BCUT2D eigenvalue weighted by Crippen LogP contribution is -2.44. The average Bonchev–Trinajstić information content (AvgIpc) is 2.88. The van der Waals surface area contributed by atoms with Gasteiger partial charge in [0.2, 0.25) is 0 Å². The number of thioether (sulfide) groups is 1. The molecule has 1 spiro atoms. The van der Waals surface area contributed by atoms with Crippen LogP contribution >= 0.6 is 11.8 Å². The minimum absolute atomic E-state index is 0.246. The molecule has 0 aromatic rings. The Morgan fingerprint density at radius 1 is 1.25 bits per heavy atom. The second-order valence-corrected chi connectivity index (χ2v) is 6.95. The van der Waals surface area contributed by atoms with Crippen molar-refractivity contribution in [3.8, 4) is 0 Å². The molecular weight excluding hydrogens is 218 g/mol. The fourth-order valence-corrected chi connectivity index (χ4v) is 5.28. The first-order chi connectivity index (χ1) is 7.79. The van der Waals surface area contributed by atoms with Crippen LogP contribution in [0.2, 0.25) is 0 Å². The molecule has 4 atom stereocenters. The first-order valence-corrected chi connectivity index (χ1v) is 7.92. The second kappa shape index (κ2) is 4.51. The monoisotopic (exact) mass is 241 g/mol. The van der Waals surface area contributed by atoms with Crippen molar-refractivity contribution in [3.63, 3.8) is 0 Å². The molecule has 3 heteroatoms. The van der Waals surface area contributed by atoms with Crippen LogP contribution in [0.1, 0.15) is 38.5 Å². The molecule has 2 aliphatic heterocycles. The number of ether oxygens (including phenoxy) is 1. The highest BCUT2D eigenvalue weighted by Crippen LogP contribution is 2.45. The molecule has 3 aliphatic rings. The van der Waals surface area contributed by atoms with Crippen LogP contribution in [-0.4, -0.2) is 29.8 Å². The molecule has 2 saturated heterocycles. The molecule has 1 aliphatic carbocycles. The van der Waals surface area contributed by atoms with Gasteiger partial charge < -0.3 is 10.5 Å². The Morgan fingerprint density at radius 2 is 2.19 bits per heavy atom. The van der Waals surface area contributed by atoms with E-state index in [0.717, 1.165) is 18.4 Å². The van der Waals surface area contributed by atoms with E-state index < -0.39 is 0 Å². The zero-order valence-corrected chi connectivity index (χ0v) is 10.8. The molecular formula is C13H23NOS. The smallest absolute Gasteiger partial charge is 0.0783 e. The summed E-state index contributed by atoms with van der Waals surface area (Å²) < 4.78 is 6.09. The molecule has 16 heavy (non-hydrogen) atoms. The van der Waals surface area contributed by atoms with Crippen LogP contribution in [0, 0.1) is 11.8 Å². The summed E-state index contributed by atoms with van der Waals surface area (Å²) in [5, 5.41) is 0. The van der Waals surface area contributed by atoms with Crippen molar-refractivity contribution in [1.82, 2.24) is 0 Å². The summed E-state index contributed by atoms with van der Waals surface area (Å²) in [6.45, 7) is 0.981. The molecule has 2 nitrogen and oxygen atoms in total. The largest absolute Gasteiger partial charge is 0.374 e. The Morgan fingerprint density at radius 3 is 2.88 bits per heavy atom. The Hall–Kier alpha value is 0.270. The third kappa shape index (κ3) is 2.02. The Labute approximate surface area is 103 Å². The fourth-order valence-electron chi connectivity index (χ4n) is 3.90. The molecule has 3 rings (SSSR count). The molecule has 0 aromatic heterocycles. The second-order valence-electron chi connectivity index (χ2n) is 5.85. The lowest BCUT2D eigenvalue weighted by molar-refractivity contribution is -0.0896. The minimum atomic E-state index is 0.246. The van der Waals surface area contributed by atoms with Gasteiger partial charge in [0.25, 0.3) is 0 Å². The molecule has 2 N–H and O–H groups in total. The number of hydrogen-bond acceptors (Lipinski definition) is 3. The predicted molar refractivity (Wildman–Crippen MR) is 68.7 cm³/mol. The highest BCUT2D eigenvalue weighted by Gasteiger charge is 2.44. The summed E-state index contributed by atoms with van der Waals surface area (Å²) in [4.78, 5) is 0.